The maximum Gasteiger partial charge on any atom is 0.138 e. The van der Waals surface area contributed by atoms with Gasteiger partial charge in [0.2, 0.25) is 0 Å². The van der Waals surface area contributed by atoms with E-state index in [4.69, 9.17) is 4.74 Å². The van der Waals surface area contributed by atoms with E-state index in [-0.39, 0.29) is 0 Å². The molecule has 8 nitrogen and oxygen atoms in total. The fourth-order valence-corrected chi connectivity index (χ4v) is 4.30. The van der Waals surface area contributed by atoms with Gasteiger partial charge in [-0.05, 0) is 62.1 Å². The number of ether oxygens (including phenoxy) is 1. The standard InChI is InChI=1S/C28H25N7O/c1-35(2)11-12-36-20-13-19(16-29-17-20)18-6-7-25-23(14-18)27(34-33-25)26-15-22-21(8-10-31-28(22)32-26)24-5-3-4-9-30-24/h3-10,13-17H,11-12H2,1-2H3,(H,31,32)(H,33,34). The van der Waals surface area contributed by atoms with Crippen LogP contribution in [0.4, 0.5) is 0 Å². The molecule has 8 heteroatoms. The number of aromatic nitrogens is 6. The first kappa shape index (κ1) is 21.9. The highest BCUT2D eigenvalue weighted by Gasteiger charge is 2.15. The molecule has 6 rings (SSSR count). The molecule has 0 bridgehead atoms. The van der Waals surface area contributed by atoms with Crippen LogP contribution in [0.15, 0.2) is 79.4 Å². The van der Waals surface area contributed by atoms with E-state index >= 15 is 0 Å². The summed E-state index contributed by atoms with van der Waals surface area (Å²) < 4.78 is 5.89. The molecule has 0 aliphatic carbocycles. The monoisotopic (exact) mass is 475 g/mol. The van der Waals surface area contributed by atoms with Crippen LogP contribution < -0.4 is 4.74 Å². The van der Waals surface area contributed by atoms with Crippen molar-refractivity contribution >= 4 is 21.9 Å². The zero-order chi connectivity index (χ0) is 24.5. The molecule has 178 valence electrons. The van der Waals surface area contributed by atoms with E-state index in [1.165, 1.54) is 0 Å². The molecule has 1 aromatic carbocycles. The normalized spacial score (nSPS) is 11.5. The zero-order valence-electron chi connectivity index (χ0n) is 20.1. The highest BCUT2D eigenvalue weighted by molar-refractivity contribution is 6.00. The van der Waals surface area contributed by atoms with Crippen LogP contribution in [0.25, 0.3) is 55.7 Å². The van der Waals surface area contributed by atoms with Crippen LogP contribution in [0.2, 0.25) is 0 Å². The van der Waals surface area contributed by atoms with Gasteiger partial charge >= 0.3 is 0 Å². The summed E-state index contributed by atoms with van der Waals surface area (Å²) in [7, 11) is 4.05. The molecule has 2 N–H and O–H groups in total. The molecule has 0 radical (unpaired) electrons. The fraction of sp³-hybridized carbons (Fsp3) is 0.143. The van der Waals surface area contributed by atoms with Gasteiger partial charge in [0.1, 0.15) is 23.7 Å². The van der Waals surface area contributed by atoms with Crippen molar-refractivity contribution in [3.05, 3.63) is 79.4 Å². The Morgan fingerprint density at radius 2 is 1.83 bits per heavy atom. The van der Waals surface area contributed by atoms with Crippen molar-refractivity contribution < 1.29 is 4.74 Å². The molecular formula is C28H25N7O. The van der Waals surface area contributed by atoms with Crippen molar-refractivity contribution in [3.63, 3.8) is 0 Å². The minimum absolute atomic E-state index is 0.609. The SMILES string of the molecule is CN(C)CCOc1cncc(-c2ccc3[nH]nc(-c4cc5c(-c6ccccn6)ccnc5[nH]4)c3c2)c1. The van der Waals surface area contributed by atoms with Gasteiger partial charge in [-0.3, -0.25) is 15.1 Å². The lowest BCUT2D eigenvalue weighted by Gasteiger charge is -2.11. The van der Waals surface area contributed by atoms with Crippen LogP contribution in [0.1, 0.15) is 0 Å². The molecule has 0 saturated heterocycles. The van der Waals surface area contributed by atoms with E-state index in [1.54, 1.807) is 18.6 Å². The van der Waals surface area contributed by atoms with Gasteiger partial charge in [0, 0.05) is 47.0 Å². The van der Waals surface area contributed by atoms with Gasteiger partial charge in [-0.25, -0.2) is 4.98 Å². The lowest BCUT2D eigenvalue weighted by atomic mass is 10.0. The lowest BCUT2D eigenvalue weighted by molar-refractivity contribution is 0.261. The lowest BCUT2D eigenvalue weighted by Crippen LogP contribution is -2.19. The van der Waals surface area contributed by atoms with Crippen LogP contribution in [0.3, 0.4) is 0 Å². The maximum absolute atomic E-state index is 5.89. The van der Waals surface area contributed by atoms with Gasteiger partial charge in [0.25, 0.3) is 0 Å². The molecule has 0 unspecified atom stereocenters. The first-order valence-corrected chi connectivity index (χ1v) is 11.8. The van der Waals surface area contributed by atoms with Crippen molar-refractivity contribution in [2.75, 3.05) is 27.2 Å². The fourth-order valence-electron chi connectivity index (χ4n) is 4.30. The summed E-state index contributed by atoms with van der Waals surface area (Å²) in [4.78, 5) is 19.0. The summed E-state index contributed by atoms with van der Waals surface area (Å²) in [6, 6.07) is 18.3. The van der Waals surface area contributed by atoms with Gasteiger partial charge in [0.15, 0.2) is 0 Å². The summed E-state index contributed by atoms with van der Waals surface area (Å²) >= 11 is 0. The maximum atomic E-state index is 5.89. The van der Waals surface area contributed by atoms with Gasteiger partial charge < -0.3 is 14.6 Å². The Kier molecular flexibility index (Phi) is 5.63. The van der Waals surface area contributed by atoms with Crippen LogP contribution in [-0.4, -0.2) is 62.3 Å². The van der Waals surface area contributed by atoms with Crippen molar-refractivity contribution in [1.82, 2.24) is 35.0 Å². The Morgan fingerprint density at radius 3 is 2.69 bits per heavy atom. The van der Waals surface area contributed by atoms with Crippen LogP contribution in [0.5, 0.6) is 5.75 Å². The Balaban J connectivity index is 1.38. The van der Waals surface area contributed by atoms with Crippen molar-refractivity contribution in [2.24, 2.45) is 0 Å². The zero-order valence-corrected chi connectivity index (χ0v) is 20.1. The van der Waals surface area contributed by atoms with Crippen LogP contribution in [-0.2, 0) is 0 Å². The number of fused-ring (bicyclic) bond motifs is 2. The number of pyridine rings is 3. The van der Waals surface area contributed by atoms with Gasteiger partial charge in [-0.1, -0.05) is 12.1 Å². The number of nitrogens with zero attached hydrogens (tertiary/aromatic N) is 5. The molecule has 5 aromatic heterocycles. The van der Waals surface area contributed by atoms with E-state index in [1.807, 2.05) is 56.7 Å². The van der Waals surface area contributed by atoms with Crippen molar-refractivity contribution in [1.29, 1.82) is 0 Å². The molecule has 0 spiro atoms. The predicted octanol–water partition coefficient (Wildman–Crippen LogP) is 5.17. The average molecular weight is 476 g/mol. The van der Waals surface area contributed by atoms with E-state index in [0.29, 0.717) is 6.61 Å². The van der Waals surface area contributed by atoms with Gasteiger partial charge in [-0.2, -0.15) is 5.10 Å². The summed E-state index contributed by atoms with van der Waals surface area (Å²) in [5, 5.41) is 9.80. The molecule has 0 amide bonds. The first-order chi connectivity index (χ1) is 17.7. The topological polar surface area (TPSA) is 95.6 Å². The van der Waals surface area contributed by atoms with Crippen molar-refractivity contribution in [2.45, 2.75) is 0 Å². The number of benzene rings is 1. The smallest absolute Gasteiger partial charge is 0.138 e. The van der Waals surface area contributed by atoms with E-state index in [0.717, 1.165) is 68.0 Å². The number of aromatic amines is 2. The minimum atomic E-state index is 0.609. The van der Waals surface area contributed by atoms with E-state index < -0.39 is 0 Å². The Hall–Kier alpha value is -4.56. The number of H-pyrrole nitrogens is 2. The van der Waals surface area contributed by atoms with Gasteiger partial charge in [-0.15, -0.1) is 0 Å². The molecule has 0 saturated carbocycles. The number of hydrogen-bond donors (Lipinski definition) is 2. The van der Waals surface area contributed by atoms with E-state index in [2.05, 4.69) is 53.2 Å². The highest BCUT2D eigenvalue weighted by Crippen LogP contribution is 2.34. The number of likely N-dealkylation sites (N-methyl/N-ethyl adjacent to an activating group) is 1. The number of hydrogen-bond acceptors (Lipinski definition) is 6. The van der Waals surface area contributed by atoms with Crippen LogP contribution in [0, 0.1) is 0 Å². The largest absolute Gasteiger partial charge is 0.491 e. The predicted molar refractivity (Wildman–Crippen MR) is 142 cm³/mol. The summed E-state index contributed by atoms with van der Waals surface area (Å²) in [5.74, 6) is 0.755. The summed E-state index contributed by atoms with van der Waals surface area (Å²) in [5.41, 5.74) is 7.45. The molecule has 0 fully saturated rings. The third-order valence-corrected chi connectivity index (χ3v) is 6.14. The second-order valence-electron chi connectivity index (χ2n) is 8.91. The van der Waals surface area contributed by atoms with Crippen molar-refractivity contribution in [3.8, 4) is 39.5 Å². The third-order valence-electron chi connectivity index (χ3n) is 6.14. The second kappa shape index (κ2) is 9.24. The highest BCUT2D eigenvalue weighted by atomic mass is 16.5. The number of rotatable bonds is 7. The molecule has 5 heterocycles. The minimum Gasteiger partial charge on any atom is -0.491 e. The Labute approximate surface area is 208 Å². The molecular weight excluding hydrogens is 450 g/mol. The Bertz CT molecular complexity index is 1650. The molecule has 0 atom stereocenters. The molecule has 0 aliphatic rings. The Morgan fingerprint density at radius 1 is 0.889 bits per heavy atom. The third kappa shape index (κ3) is 4.18. The van der Waals surface area contributed by atoms with E-state index in [9.17, 15) is 0 Å². The summed E-state index contributed by atoms with van der Waals surface area (Å²) in [6.07, 6.45) is 7.20. The van der Waals surface area contributed by atoms with Gasteiger partial charge in [0.05, 0.1) is 23.1 Å². The molecule has 6 aromatic rings. The second-order valence-corrected chi connectivity index (χ2v) is 8.91. The molecule has 0 aliphatic heterocycles. The summed E-state index contributed by atoms with van der Waals surface area (Å²) in [6.45, 7) is 1.45. The molecule has 36 heavy (non-hydrogen) atoms. The number of nitrogens with one attached hydrogen (secondary N) is 2. The average Bonchev–Trinajstić information content (AvgIpc) is 3.53. The first-order valence-electron chi connectivity index (χ1n) is 11.8. The quantitative estimate of drug-likeness (QED) is 0.331. The van der Waals surface area contributed by atoms with Crippen LogP contribution >= 0.6 is 0 Å².